The van der Waals surface area contributed by atoms with Crippen LogP contribution in [0.1, 0.15) is 34.0 Å². The number of fused-ring (bicyclic) bond motifs is 3. The molecule has 1 unspecified atom stereocenters. The zero-order valence-electron chi connectivity index (χ0n) is 18.6. The number of hydrogen-bond donors (Lipinski definition) is 1. The average molecular weight is 483 g/mol. The first-order chi connectivity index (χ1) is 16.1. The summed E-state index contributed by atoms with van der Waals surface area (Å²) in [6.07, 6.45) is 2.92. The Bertz CT molecular complexity index is 1400. The summed E-state index contributed by atoms with van der Waals surface area (Å²) < 4.78 is 39.9. The Morgan fingerprint density at radius 1 is 1.21 bits per heavy atom. The molecule has 1 fully saturated rings. The van der Waals surface area contributed by atoms with E-state index in [0.717, 1.165) is 23.6 Å². The number of sulfone groups is 1. The number of aromatic nitrogens is 2. The number of nitrogens with zero attached hydrogens (tertiary/aromatic N) is 3. The zero-order chi connectivity index (χ0) is 24.2. The summed E-state index contributed by atoms with van der Waals surface area (Å²) in [5.74, 6) is -2.14. The maximum Gasteiger partial charge on any atom is 0.275 e. The van der Waals surface area contributed by atoms with Crippen LogP contribution in [0.2, 0.25) is 0 Å². The number of hydrogen-bond acceptors (Lipinski definition) is 5. The van der Waals surface area contributed by atoms with E-state index in [0.29, 0.717) is 18.7 Å². The largest absolute Gasteiger partial charge is 0.338 e. The third-order valence-corrected chi connectivity index (χ3v) is 7.57. The molecule has 0 bridgehead atoms. The minimum atomic E-state index is -3.40. The van der Waals surface area contributed by atoms with Crippen molar-refractivity contribution >= 4 is 27.3 Å². The first-order valence-electron chi connectivity index (χ1n) is 10.8. The summed E-state index contributed by atoms with van der Waals surface area (Å²) in [6, 6.07) is 13.2. The molecule has 2 heterocycles. The molecule has 2 aromatic carbocycles. The van der Waals surface area contributed by atoms with Crippen molar-refractivity contribution in [2.45, 2.75) is 29.8 Å². The maximum atomic E-state index is 14.6. The lowest BCUT2D eigenvalue weighted by Gasteiger charge is -2.23. The van der Waals surface area contributed by atoms with Gasteiger partial charge in [0.2, 0.25) is 5.91 Å². The molecule has 1 aliphatic carbocycles. The summed E-state index contributed by atoms with van der Waals surface area (Å²) in [5, 5.41) is 6.77. The average Bonchev–Trinajstić information content (AvgIpc) is 3.52. The Morgan fingerprint density at radius 3 is 2.65 bits per heavy atom. The van der Waals surface area contributed by atoms with Gasteiger partial charge in [-0.15, -0.1) is 0 Å². The molecule has 34 heavy (non-hydrogen) atoms. The highest BCUT2D eigenvalue weighted by atomic mass is 32.2. The standard InChI is InChI=1S/C24H23FN4O4S/c1-28-20-9-8-15(34(2,32)33)10-17(20)16-11-18(16)21(24(28)31)26-23(30)22-19(25)13-29(27-22)12-14-6-4-3-5-7-14/h3-10,13,16,18,21H,11-12H2,1-2H3,(H,26,30)/t16-,18?,21-/m0/s1. The second-order valence-corrected chi connectivity index (χ2v) is 10.9. The molecule has 3 aromatic rings. The molecular formula is C24H23FN4O4S. The van der Waals surface area contributed by atoms with Gasteiger partial charge >= 0.3 is 0 Å². The first-order valence-corrected chi connectivity index (χ1v) is 12.7. The predicted octanol–water partition coefficient (Wildman–Crippen LogP) is 2.35. The van der Waals surface area contributed by atoms with E-state index in [1.54, 1.807) is 19.2 Å². The highest BCUT2D eigenvalue weighted by Gasteiger charge is 2.52. The van der Waals surface area contributed by atoms with Crippen LogP contribution in [0.5, 0.6) is 0 Å². The molecule has 1 N–H and O–H groups in total. The van der Waals surface area contributed by atoms with Crippen LogP contribution in [0.3, 0.4) is 0 Å². The van der Waals surface area contributed by atoms with E-state index in [9.17, 15) is 22.4 Å². The molecule has 0 spiro atoms. The highest BCUT2D eigenvalue weighted by molar-refractivity contribution is 7.90. The fraction of sp³-hybridized carbons (Fsp3) is 0.292. The van der Waals surface area contributed by atoms with Gasteiger partial charge in [0.05, 0.1) is 17.6 Å². The fourth-order valence-electron chi connectivity index (χ4n) is 4.60. The molecule has 176 valence electrons. The van der Waals surface area contributed by atoms with E-state index in [-0.39, 0.29) is 28.3 Å². The van der Waals surface area contributed by atoms with E-state index >= 15 is 0 Å². The van der Waals surface area contributed by atoms with E-state index in [1.165, 1.54) is 15.6 Å². The van der Waals surface area contributed by atoms with E-state index in [1.807, 2.05) is 30.3 Å². The number of halogens is 1. The van der Waals surface area contributed by atoms with Crippen molar-refractivity contribution in [3.05, 3.63) is 77.4 Å². The Balaban J connectivity index is 1.38. The number of likely N-dealkylation sites (N-methyl/N-ethyl adjacent to an activating group) is 1. The Labute approximate surface area is 196 Å². The van der Waals surface area contributed by atoms with Crippen LogP contribution < -0.4 is 10.2 Å². The number of amides is 2. The topological polar surface area (TPSA) is 101 Å². The minimum Gasteiger partial charge on any atom is -0.338 e. The van der Waals surface area contributed by atoms with Crippen LogP contribution in [0.25, 0.3) is 0 Å². The molecular weight excluding hydrogens is 459 g/mol. The monoisotopic (exact) mass is 482 g/mol. The van der Waals surface area contributed by atoms with Gasteiger partial charge in [-0.05, 0) is 47.6 Å². The zero-order valence-corrected chi connectivity index (χ0v) is 19.4. The number of nitrogens with one attached hydrogen (secondary N) is 1. The van der Waals surface area contributed by atoms with Crippen LogP contribution in [-0.4, -0.2) is 49.4 Å². The smallest absolute Gasteiger partial charge is 0.275 e. The third-order valence-electron chi connectivity index (χ3n) is 6.46. The molecule has 1 aromatic heterocycles. The van der Waals surface area contributed by atoms with Crippen LogP contribution in [0.4, 0.5) is 10.1 Å². The first kappa shape index (κ1) is 22.3. The number of anilines is 1. The van der Waals surface area contributed by atoms with Gasteiger partial charge in [-0.25, -0.2) is 12.8 Å². The van der Waals surface area contributed by atoms with Crippen LogP contribution >= 0.6 is 0 Å². The lowest BCUT2D eigenvalue weighted by molar-refractivity contribution is -0.120. The maximum absolute atomic E-state index is 14.6. The molecule has 3 atom stereocenters. The summed E-state index contributed by atoms with van der Waals surface area (Å²) in [7, 11) is -1.82. The van der Waals surface area contributed by atoms with Crippen molar-refractivity contribution < 1.29 is 22.4 Å². The second kappa shape index (κ2) is 8.05. The number of rotatable bonds is 5. The quantitative estimate of drug-likeness (QED) is 0.602. The molecule has 2 aliphatic rings. The van der Waals surface area contributed by atoms with E-state index < -0.39 is 27.6 Å². The van der Waals surface area contributed by atoms with Gasteiger partial charge in [0.15, 0.2) is 21.3 Å². The Kier molecular flexibility index (Phi) is 5.27. The summed E-state index contributed by atoms with van der Waals surface area (Å²) in [4.78, 5) is 27.7. The van der Waals surface area contributed by atoms with Gasteiger partial charge in [0.25, 0.3) is 5.91 Å². The SMILES string of the molecule is CN1C(=O)[C@@H](NC(=O)c2nn(Cc3ccccc3)cc2F)C2C[C@H]2c2cc(S(C)(=O)=O)ccc21. The van der Waals surface area contributed by atoms with Crippen molar-refractivity contribution in [1.29, 1.82) is 0 Å². The van der Waals surface area contributed by atoms with Gasteiger partial charge in [-0.1, -0.05) is 30.3 Å². The molecule has 5 rings (SSSR count). The van der Waals surface area contributed by atoms with Crippen LogP contribution in [-0.2, 0) is 21.2 Å². The van der Waals surface area contributed by atoms with Gasteiger partial charge in [0.1, 0.15) is 6.04 Å². The predicted molar refractivity (Wildman–Crippen MR) is 123 cm³/mol. The van der Waals surface area contributed by atoms with Crippen molar-refractivity contribution in [2.75, 3.05) is 18.2 Å². The lowest BCUT2D eigenvalue weighted by atomic mass is 10.1. The summed E-state index contributed by atoms with van der Waals surface area (Å²) in [6.45, 7) is 0.304. The Morgan fingerprint density at radius 2 is 1.94 bits per heavy atom. The van der Waals surface area contributed by atoms with Crippen LogP contribution in [0, 0.1) is 11.7 Å². The number of carbonyl (C=O) groups excluding carboxylic acids is 2. The lowest BCUT2D eigenvalue weighted by Crippen LogP contribution is -2.48. The van der Waals surface area contributed by atoms with Crippen molar-refractivity contribution in [3.63, 3.8) is 0 Å². The molecule has 1 aliphatic heterocycles. The minimum absolute atomic E-state index is 0.0728. The highest BCUT2D eigenvalue weighted by Crippen LogP contribution is 2.54. The normalized spacial score (nSPS) is 21.4. The molecule has 0 saturated heterocycles. The molecule has 8 nitrogen and oxygen atoms in total. The number of carbonyl (C=O) groups is 2. The fourth-order valence-corrected chi connectivity index (χ4v) is 5.25. The van der Waals surface area contributed by atoms with Gasteiger partial charge in [-0.3, -0.25) is 14.3 Å². The van der Waals surface area contributed by atoms with Gasteiger partial charge in [0, 0.05) is 19.0 Å². The summed E-state index contributed by atoms with van der Waals surface area (Å²) in [5.41, 5.74) is 1.91. The number of benzene rings is 2. The van der Waals surface area contributed by atoms with Crippen LogP contribution in [0.15, 0.2) is 59.6 Å². The van der Waals surface area contributed by atoms with E-state index in [4.69, 9.17) is 0 Å². The van der Waals surface area contributed by atoms with Crippen molar-refractivity contribution in [1.82, 2.24) is 15.1 Å². The van der Waals surface area contributed by atoms with Gasteiger partial charge < -0.3 is 10.2 Å². The molecule has 0 radical (unpaired) electrons. The molecule has 1 saturated carbocycles. The van der Waals surface area contributed by atoms with Crippen molar-refractivity contribution in [3.8, 4) is 0 Å². The van der Waals surface area contributed by atoms with Crippen molar-refractivity contribution in [2.24, 2.45) is 5.92 Å². The van der Waals surface area contributed by atoms with Gasteiger partial charge in [-0.2, -0.15) is 5.10 Å². The second-order valence-electron chi connectivity index (χ2n) is 8.86. The third kappa shape index (κ3) is 3.98. The Hall–Kier alpha value is -3.53. The molecule has 10 heteroatoms. The van der Waals surface area contributed by atoms with E-state index in [2.05, 4.69) is 10.4 Å². The summed E-state index contributed by atoms with van der Waals surface area (Å²) >= 11 is 0. The molecule has 2 amide bonds.